The second-order valence-electron chi connectivity index (χ2n) is 3.51. The van der Waals surface area contributed by atoms with Crippen molar-refractivity contribution in [3.05, 3.63) is 30.3 Å². The Morgan fingerprint density at radius 3 is 2.56 bits per heavy atom. The molecule has 4 nitrogen and oxygen atoms in total. The molecule has 0 amide bonds. The van der Waals surface area contributed by atoms with Gasteiger partial charge in [-0.15, -0.1) is 0 Å². The van der Waals surface area contributed by atoms with Gasteiger partial charge < -0.3 is 20.3 Å². The van der Waals surface area contributed by atoms with Crippen molar-refractivity contribution in [1.29, 1.82) is 0 Å². The molecule has 0 spiro atoms. The van der Waals surface area contributed by atoms with Gasteiger partial charge in [0.2, 0.25) is 0 Å². The topological polar surface area (TPSA) is 64.7 Å². The lowest BCUT2D eigenvalue weighted by Crippen LogP contribution is -2.26. The highest BCUT2D eigenvalue weighted by Gasteiger charge is 1.99. The van der Waals surface area contributed by atoms with Crippen molar-refractivity contribution in [2.24, 2.45) is 5.73 Å². The van der Waals surface area contributed by atoms with Gasteiger partial charge in [-0.25, -0.2) is 0 Å². The average molecular weight is 225 g/mol. The number of hydrogen-bond acceptors (Lipinski definition) is 4. The molecule has 0 radical (unpaired) electrons. The molecule has 1 unspecified atom stereocenters. The molecule has 0 saturated heterocycles. The molecule has 90 valence electrons. The Labute approximate surface area is 96.0 Å². The SMILES string of the molecule is NC(CO)CCOCCOc1ccccc1. The zero-order chi connectivity index (χ0) is 11.6. The molecule has 0 saturated carbocycles. The lowest BCUT2D eigenvalue weighted by molar-refractivity contribution is 0.0907. The van der Waals surface area contributed by atoms with Gasteiger partial charge in [0.15, 0.2) is 0 Å². The zero-order valence-corrected chi connectivity index (χ0v) is 9.34. The molecule has 1 rings (SSSR count). The fourth-order valence-electron chi connectivity index (χ4n) is 1.16. The molecule has 0 bridgehead atoms. The minimum absolute atomic E-state index is 0.00384. The number of hydrogen-bond donors (Lipinski definition) is 2. The molecule has 1 aromatic rings. The van der Waals surface area contributed by atoms with Crippen LogP contribution >= 0.6 is 0 Å². The summed E-state index contributed by atoms with van der Waals surface area (Å²) in [6.45, 7) is 1.62. The van der Waals surface area contributed by atoms with Gasteiger partial charge in [0, 0.05) is 12.6 Å². The third-order valence-corrected chi connectivity index (χ3v) is 2.11. The van der Waals surface area contributed by atoms with Crippen LogP contribution in [-0.4, -0.2) is 37.6 Å². The Balaban J connectivity index is 1.96. The summed E-state index contributed by atoms with van der Waals surface area (Å²) in [5, 5.41) is 8.68. The van der Waals surface area contributed by atoms with Gasteiger partial charge >= 0.3 is 0 Å². The van der Waals surface area contributed by atoms with Crippen LogP contribution in [0.15, 0.2) is 30.3 Å². The van der Waals surface area contributed by atoms with Crippen LogP contribution in [-0.2, 0) is 4.74 Å². The Morgan fingerprint density at radius 1 is 1.12 bits per heavy atom. The van der Waals surface area contributed by atoms with E-state index in [0.29, 0.717) is 26.2 Å². The minimum atomic E-state index is -0.185. The van der Waals surface area contributed by atoms with E-state index in [2.05, 4.69) is 0 Å². The standard InChI is InChI=1S/C12H19NO3/c13-11(10-14)6-7-15-8-9-16-12-4-2-1-3-5-12/h1-5,11,14H,6-10,13H2. The Kier molecular flexibility index (Phi) is 6.56. The average Bonchev–Trinajstić information content (AvgIpc) is 2.34. The van der Waals surface area contributed by atoms with Crippen LogP contribution in [0.2, 0.25) is 0 Å². The molecular formula is C12H19NO3. The fourth-order valence-corrected chi connectivity index (χ4v) is 1.16. The van der Waals surface area contributed by atoms with Crippen molar-refractivity contribution in [3.63, 3.8) is 0 Å². The van der Waals surface area contributed by atoms with Gasteiger partial charge in [0.1, 0.15) is 12.4 Å². The molecule has 16 heavy (non-hydrogen) atoms. The first-order chi connectivity index (χ1) is 7.83. The van der Waals surface area contributed by atoms with Crippen molar-refractivity contribution in [2.45, 2.75) is 12.5 Å². The van der Waals surface area contributed by atoms with E-state index in [4.69, 9.17) is 20.3 Å². The summed E-state index contributed by atoms with van der Waals surface area (Å²) in [5.41, 5.74) is 5.52. The largest absolute Gasteiger partial charge is 0.491 e. The highest BCUT2D eigenvalue weighted by molar-refractivity contribution is 5.20. The van der Waals surface area contributed by atoms with E-state index in [9.17, 15) is 0 Å². The van der Waals surface area contributed by atoms with Crippen molar-refractivity contribution in [1.82, 2.24) is 0 Å². The third kappa shape index (κ3) is 5.70. The molecule has 1 atom stereocenters. The van der Waals surface area contributed by atoms with Gasteiger partial charge in [0.25, 0.3) is 0 Å². The first-order valence-electron chi connectivity index (χ1n) is 5.45. The number of benzene rings is 1. The first-order valence-corrected chi connectivity index (χ1v) is 5.45. The van der Waals surface area contributed by atoms with Crippen LogP contribution in [0.3, 0.4) is 0 Å². The van der Waals surface area contributed by atoms with E-state index >= 15 is 0 Å². The number of ether oxygens (including phenoxy) is 2. The molecule has 0 aliphatic rings. The summed E-state index contributed by atoms with van der Waals surface area (Å²) in [4.78, 5) is 0. The number of para-hydroxylation sites is 1. The van der Waals surface area contributed by atoms with Crippen LogP contribution in [0.4, 0.5) is 0 Å². The molecule has 0 aromatic heterocycles. The molecule has 0 aliphatic heterocycles. The molecule has 4 heteroatoms. The van der Waals surface area contributed by atoms with Crippen LogP contribution in [0.1, 0.15) is 6.42 Å². The molecular weight excluding hydrogens is 206 g/mol. The smallest absolute Gasteiger partial charge is 0.119 e. The Hall–Kier alpha value is -1.10. The molecule has 1 aromatic carbocycles. The predicted molar refractivity (Wildman–Crippen MR) is 62.4 cm³/mol. The molecule has 0 fully saturated rings. The van der Waals surface area contributed by atoms with Gasteiger partial charge in [-0.3, -0.25) is 0 Å². The summed E-state index contributed by atoms with van der Waals surface area (Å²) < 4.78 is 10.7. The number of rotatable bonds is 8. The van der Waals surface area contributed by atoms with Gasteiger partial charge in [0.05, 0.1) is 13.2 Å². The quantitative estimate of drug-likeness (QED) is 0.642. The number of aliphatic hydroxyl groups excluding tert-OH is 1. The van der Waals surface area contributed by atoms with E-state index in [-0.39, 0.29) is 12.6 Å². The molecule has 3 N–H and O–H groups in total. The normalized spacial score (nSPS) is 12.4. The summed E-state index contributed by atoms with van der Waals surface area (Å²) in [6, 6.07) is 9.42. The minimum Gasteiger partial charge on any atom is -0.491 e. The Morgan fingerprint density at radius 2 is 1.88 bits per heavy atom. The maximum atomic E-state index is 8.68. The first kappa shape index (κ1) is 13.0. The van der Waals surface area contributed by atoms with E-state index in [0.717, 1.165) is 5.75 Å². The number of aliphatic hydroxyl groups is 1. The van der Waals surface area contributed by atoms with E-state index < -0.39 is 0 Å². The Bertz CT molecular complexity index is 266. The molecule has 0 heterocycles. The summed E-state index contributed by atoms with van der Waals surface area (Å²) >= 11 is 0. The third-order valence-electron chi connectivity index (χ3n) is 2.11. The highest BCUT2D eigenvalue weighted by atomic mass is 16.5. The summed E-state index contributed by atoms with van der Waals surface area (Å²) in [7, 11) is 0. The zero-order valence-electron chi connectivity index (χ0n) is 9.34. The lowest BCUT2D eigenvalue weighted by Gasteiger charge is -2.09. The lowest BCUT2D eigenvalue weighted by atomic mass is 10.2. The van der Waals surface area contributed by atoms with Crippen molar-refractivity contribution in [3.8, 4) is 5.75 Å². The summed E-state index contributed by atoms with van der Waals surface area (Å²) in [6.07, 6.45) is 0.668. The van der Waals surface area contributed by atoms with Crippen molar-refractivity contribution in [2.75, 3.05) is 26.4 Å². The second kappa shape index (κ2) is 8.10. The van der Waals surface area contributed by atoms with E-state index in [1.807, 2.05) is 30.3 Å². The maximum absolute atomic E-state index is 8.68. The molecule has 0 aliphatic carbocycles. The summed E-state index contributed by atoms with van der Waals surface area (Å²) in [5.74, 6) is 0.846. The van der Waals surface area contributed by atoms with Crippen LogP contribution in [0.5, 0.6) is 5.75 Å². The van der Waals surface area contributed by atoms with Crippen LogP contribution < -0.4 is 10.5 Å². The van der Waals surface area contributed by atoms with Crippen LogP contribution in [0.25, 0.3) is 0 Å². The predicted octanol–water partition coefficient (Wildman–Crippen LogP) is 0.792. The van der Waals surface area contributed by atoms with E-state index in [1.54, 1.807) is 0 Å². The van der Waals surface area contributed by atoms with E-state index in [1.165, 1.54) is 0 Å². The highest BCUT2D eigenvalue weighted by Crippen LogP contribution is 2.07. The van der Waals surface area contributed by atoms with Crippen molar-refractivity contribution < 1.29 is 14.6 Å². The van der Waals surface area contributed by atoms with Crippen LogP contribution in [0, 0.1) is 0 Å². The fraction of sp³-hybridized carbons (Fsp3) is 0.500. The van der Waals surface area contributed by atoms with Gasteiger partial charge in [-0.2, -0.15) is 0 Å². The maximum Gasteiger partial charge on any atom is 0.119 e. The number of nitrogens with two attached hydrogens (primary N) is 1. The van der Waals surface area contributed by atoms with Gasteiger partial charge in [-0.05, 0) is 18.6 Å². The second-order valence-corrected chi connectivity index (χ2v) is 3.51. The van der Waals surface area contributed by atoms with Gasteiger partial charge in [-0.1, -0.05) is 18.2 Å². The van der Waals surface area contributed by atoms with Crippen molar-refractivity contribution >= 4 is 0 Å². The monoisotopic (exact) mass is 225 g/mol.